The van der Waals surface area contributed by atoms with E-state index in [0.29, 0.717) is 21.0 Å². The first-order valence-corrected chi connectivity index (χ1v) is 12.5. The first kappa shape index (κ1) is 22.9. The van der Waals surface area contributed by atoms with E-state index in [2.05, 4.69) is 63.4 Å². The first-order chi connectivity index (χ1) is 15.0. The molecule has 0 amide bonds. The molecule has 0 aliphatic carbocycles. The lowest BCUT2D eigenvalue weighted by atomic mass is 10.2. The molecule has 1 aromatic heterocycles. The summed E-state index contributed by atoms with van der Waals surface area (Å²) < 4.78 is 3.19. The van der Waals surface area contributed by atoms with E-state index in [4.69, 9.17) is 4.98 Å². The second-order valence-corrected chi connectivity index (χ2v) is 9.72. The van der Waals surface area contributed by atoms with E-state index in [-0.39, 0.29) is 10.6 Å². The average molecular weight is 559 g/mol. The zero-order valence-electron chi connectivity index (χ0n) is 17.8. The van der Waals surface area contributed by atoms with Crippen LogP contribution in [0, 0.1) is 10.1 Å². The van der Waals surface area contributed by atoms with Crippen molar-refractivity contribution < 1.29 is 4.92 Å². The van der Waals surface area contributed by atoms with Crippen LogP contribution in [0.3, 0.4) is 0 Å². The third-order valence-electron chi connectivity index (χ3n) is 6.20. The monoisotopic (exact) mass is 557 g/mol. The molecule has 0 radical (unpaired) electrons. The van der Waals surface area contributed by atoms with Gasteiger partial charge >= 0.3 is 5.69 Å². The fraction of sp³-hybridized carbons (Fsp3) is 0.650. The Hall–Kier alpha value is -1.27. The summed E-state index contributed by atoms with van der Waals surface area (Å²) in [5.74, 6) is 0.825. The highest BCUT2D eigenvalue weighted by molar-refractivity contribution is 9.13. The van der Waals surface area contributed by atoms with Crippen LogP contribution in [0.5, 0.6) is 0 Å². The van der Waals surface area contributed by atoms with Crippen molar-refractivity contribution in [3.8, 4) is 0 Å². The maximum absolute atomic E-state index is 11.7. The van der Waals surface area contributed by atoms with Gasteiger partial charge in [-0.3, -0.25) is 15.0 Å². The Bertz CT molecular complexity index is 937. The summed E-state index contributed by atoms with van der Waals surface area (Å²) in [6, 6.07) is 1.92. The SMILES string of the molecule is CCn1c(N2CCN(CCCN3CCNCC3)CC2)nc2c([N+](=O)[O-])c(Br)c(Br)cc21. The van der Waals surface area contributed by atoms with Gasteiger partial charge in [0.05, 0.1) is 10.4 Å². The number of piperazine rings is 2. The summed E-state index contributed by atoms with van der Waals surface area (Å²) >= 11 is 6.79. The van der Waals surface area contributed by atoms with E-state index >= 15 is 0 Å². The molecule has 0 atom stereocenters. The van der Waals surface area contributed by atoms with Gasteiger partial charge < -0.3 is 19.7 Å². The lowest BCUT2D eigenvalue weighted by molar-refractivity contribution is -0.384. The zero-order chi connectivity index (χ0) is 22.0. The second-order valence-electron chi connectivity index (χ2n) is 8.08. The smallest absolute Gasteiger partial charge is 0.312 e. The molecule has 2 aliphatic rings. The number of aromatic nitrogens is 2. The number of hydrogen-bond acceptors (Lipinski definition) is 7. The number of nitrogens with one attached hydrogen (secondary N) is 1. The van der Waals surface area contributed by atoms with E-state index in [0.717, 1.165) is 70.4 Å². The molecule has 0 unspecified atom stereocenters. The number of rotatable bonds is 7. The fourth-order valence-corrected chi connectivity index (χ4v) is 5.37. The van der Waals surface area contributed by atoms with Crippen LogP contribution in [0.15, 0.2) is 15.0 Å². The lowest BCUT2D eigenvalue weighted by Crippen LogP contribution is -2.48. The summed E-state index contributed by atoms with van der Waals surface area (Å²) in [5, 5.41) is 15.1. The predicted octanol–water partition coefficient (Wildman–Crippen LogP) is 2.91. The van der Waals surface area contributed by atoms with Gasteiger partial charge in [-0.1, -0.05) is 0 Å². The topological polar surface area (TPSA) is 82.7 Å². The number of nitro benzene ring substituents is 1. The Morgan fingerprint density at radius 2 is 1.74 bits per heavy atom. The van der Waals surface area contributed by atoms with Gasteiger partial charge in [0.2, 0.25) is 5.95 Å². The summed E-state index contributed by atoms with van der Waals surface area (Å²) in [5.41, 5.74) is 1.25. The summed E-state index contributed by atoms with van der Waals surface area (Å²) in [6.45, 7) is 13.3. The van der Waals surface area contributed by atoms with Gasteiger partial charge in [-0.15, -0.1) is 0 Å². The first-order valence-electron chi connectivity index (χ1n) is 10.9. The van der Waals surface area contributed by atoms with Crippen LogP contribution < -0.4 is 10.2 Å². The largest absolute Gasteiger partial charge is 0.340 e. The maximum Gasteiger partial charge on any atom is 0.312 e. The summed E-state index contributed by atoms with van der Waals surface area (Å²) in [4.78, 5) is 23.4. The van der Waals surface area contributed by atoms with Crippen molar-refractivity contribution >= 4 is 54.5 Å². The van der Waals surface area contributed by atoms with E-state index in [9.17, 15) is 10.1 Å². The zero-order valence-corrected chi connectivity index (χ0v) is 21.0. The molecule has 1 N–H and O–H groups in total. The van der Waals surface area contributed by atoms with Crippen LogP contribution in [0.2, 0.25) is 0 Å². The van der Waals surface area contributed by atoms with Gasteiger partial charge in [0.1, 0.15) is 4.47 Å². The van der Waals surface area contributed by atoms with E-state index in [1.807, 2.05) is 6.07 Å². The number of nitro groups is 1. The molecule has 2 aliphatic heterocycles. The predicted molar refractivity (Wildman–Crippen MR) is 130 cm³/mol. The third kappa shape index (κ3) is 4.90. The minimum absolute atomic E-state index is 0.0179. The average Bonchev–Trinajstić information content (AvgIpc) is 3.13. The summed E-state index contributed by atoms with van der Waals surface area (Å²) in [7, 11) is 0. The molecular weight excluding hydrogens is 530 g/mol. The molecule has 3 heterocycles. The van der Waals surface area contributed by atoms with Gasteiger partial charge in [-0.05, 0) is 64.4 Å². The molecule has 170 valence electrons. The minimum atomic E-state index is -0.357. The molecule has 9 nitrogen and oxygen atoms in total. The maximum atomic E-state index is 11.7. The number of benzene rings is 1. The molecule has 0 spiro atoms. The van der Waals surface area contributed by atoms with Crippen molar-refractivity contribution in [3.63, 3.8) is 0 Å². The van der Waals surface area contributed by atoms with Gasteiger partial charge in [0.25, 0.3) is 0 Å². The standard InChI is InChI=1S/C20H29Br2N7O2/c1-2-28-16-14-15(21)17(22)19(29(30)31)18(16)24-20(28)27-12-10-26(11-13-27)7-3-6-25-8-4-23-5-9-25/h14,23H,2-13H2,1H3. The normalized spacial score (nSPS) is 18.7. The fourth-order valence-electron chi connectivity index (χ4n) is 4.52. The highest BCUT2D eigenvalue weighted by Crippen LogP contribution is 2.40. The highest BCUT2D eigenvalue weighted by atomic mass is 79.9. The Morgan fingerprint density at radius 1 is 1.10 bits per heavy atom. The minimum Gasteiger partial charge on any atom is -0.340 e. The number of hydrogen-bond donors (Lipinski definition) is 1. The number of nitrogens with zero attached hydrogens (tertiary/aromatic N) is 6. The molecule has 4 rings (SSSR count). The van der Waals surface area contributed by atoms with Crippen molar-refractivity contribution in [2.75, 3.05) is 70.3 Å². The molecule has 1 aromatic carbocycles. The molecule has 2 aromatic rings. The van der Waals surface area contributed by atoms with Crippen LogP contribution in [-0.4, -0.2) is 89.7 Å². The molecular formula is C20H29Br2N7O2. The van der Waals surface area contributed by atoms with Crippen molar-refractivity contribution in [2.24, 2.45) is 0 Å². The molecule has 0 saturated carbocycles. The van der Waals surface area contributed by atoms with Crippen molar-refractivity contribution in [1.82, 2.24) is 24.7 Å². The second kappa shape index (κ2) is 10.1. The van der Waals surface area contributed by atoms with Crippen molar-refractivity contribution in [3.05, 3.63) is 25.1 Å². The van der Waals surface area contributed by atoms with Gasteiger partial charge in [0.15, 0.2) is 5.52 Å². The Kier molecular flexibility index (Phi) is 7.48. The Labute approximate surface area is 199 Å². The number of anilines is 1. The number of imidazole rings is 1. The van der Waals surface area contributed by atoms with E-state index < -0.39 is 0 Å². The number of fused-ring (bicyclic) bond motifs is 1. The third-order valence-corrected chi connectivity index (χ3v) is 8.16. The Morgan fingerprint density at radius 3 is 2.35 bits per heavy atom. The summed E-state index contributed by atoms with van der Waals surface area (Å²) in [6.07, 6.45) is 1.20. The lowest BCUT2D eigenvalue weighted by Gasteiger charge is -2.36. The van der Waals surface area contributed by atoms with Crippen LogP contribution >= 0.6 is 31.9 Å². The number of halogens is 2. The Balaban J connectivity index is 1.44. The quantitative estimate of drug-likeness (QED) is 0.413. The van der Waals surface area contributed by atoms with E-state index in [1.165, 1.54) is 13.0 Å². The van der Waals surface area contributed by atoms with Gasteiger partial charge in [-0.2, -0.15) is 0 Å². The van der Waals surface area contributed by atoms with Crippen LogP contribution in [0.4, 0.5) is 11.6 Å². The molecule has 2 fully saturated rings. The van der Waals surface area contributed by atoms with Crippen molar-refractivity contribution in [2.45, 2.75) is 19.9 Å². The molecule has 11 heteroatoms. The van der Waals surface area contributed by atoms with Crippen LogP contribution in [0.1, 0.15) is 13.3 Å². The van der Waals surface area contributed by atoms with Gasteiger partial charge in [0, 0.05) is 63.4 Å². The molecule has 2 saturated heterocycles. The highest BCUT2D eigenvalue weighted by Gasteiger charge is 2.28. The van der Waals surface area contributed by atoms with Gasteiger partial charge in [-0.25, -0.2) is 4.98 Å². The van der Waals surface area contributed by atoms with Crippen molar-refractivity contribution in [1.29, 1.82) is 0 Å². The van der Waals surface area contributed by atoms with Crippen LogP contribution in [-0.2, 0) is 6.54 Å². The van der Waals surface area contributed by atoms with Crippen LogP contribution in [0.25, 0.3) is 11.0 Å². The number of aryl methyl sites for hydroxylation is 1. The molecule has 0 bridgehead atoms. The molecule has 31 heavy (non-hydrogen) atoms. The van der Waals surface area contributed by atoms with E-state index in [1.54, 1.807) is 0 Å².